The summed E-state index contributed by atoms with van der Waals surface area (Å²) in [5.41, 5.74) is 1.74. The lowest BCUT2D eigenvalue weighted by molar-refractivity contribution is -0.115. The van der Waals surface area contributed by atoms with Crippen molar-refractivity contribution in [3.05, 3.63) is 46.3 Å². The number of aryl methyl sites for hydroxylation is 3. The summed E-state index contributed by atoms with van der Waals surface area (Å²) >= 11 is 3.06. The molecular weight excluding hydrogens is 357 g/mol. The lowest BCUT2D eigenvalue weighted by atomic mass is 10.2. The lowest BCUT2D eigenvalue weighted by Gasteiger charge is -2.13. The van der Waals surface area contributed by atoms with Gasteiger partial charge in [-0.05, 0) is 57.5 Å². The molecule has 25 heavy (non-hydrogen) atoms. The molecule has 0 saturated heterocycles. The van der Waals surface area contributed by atoms with Crippen LogP contribution in [0.5, 0.6) is 0 Å². The number of aromatic nitrogens is 2. The Balaban J connectivity index is 1.82. The van der Waals surface area contributed by atoms with Crippen LogP contribution in [0.15, 0.2) is 29.3 Å². The van der Waals surface area contributed by atoms with Gasteiger partial charge in [0.25, 0.3) is 0 Å². The predicted octanol–water partition coefficient (Wildman–Crippen LogP) is 4.87. The van der Waals surface area contributed by atoms with E-state index in [1.165, 1.54) is 28.8 Å². The molecule has 0 aliphatic heterocycles. The van der Waals surface area contributed by atoms with Gasteiger partial charge in [-0.15, -0.1) is 11.3 Å². The molecule has 1 aromatic carbocycles. The molecule has 1 atom stereocenters. The zero-order chi connectivity index (χ0) is 18.1. The van der Waals surface area contributed by atoms with E-state index in [1.807, 2.05) is 13.8 Å². The number of thioether (sulfide) groups is 1. The van der Waals surface area contributed by atoms with Crippen LogP contribution in [-0.2, 0) is 4.79 Å². The average molecular weight is 375 g/mol. The van der Waals surface area contributed by atoms with E-state index < -0.39 is 0 Å². The maximum atomic E-state index is 13.0. The fourth-order valence-electron chi connectivity index (χ4n) is 2.40. The molecule has 0 aliphatic rings. The van der Waals surface area contributed by atoms with Crippen LogP contribution in [0.1, 0.15) is 23.2 Å². The molecule has 1 amide bonds. The number of carbonyl (C=O) groups excluding carboxylic acids is 1. The molecule has 7 heteroatoms. The molecular formula is C18H18FN3OS2. The van der Waals surface area contributed by atoms with Gasteiger partial charge >= 0.3 is 0 Å². The number of hydrogen-bond donors (Lipinski definition) is 1. The molecule has 3 rings (SSSR count). The second-order valence-electron chi connectivity index (χ2n) is 5.80. The topological polar surface area (TPSA) is 54.9 Å². The van der Waals surface area contributed by atoms with Crippen LogP contribution >= 0.6 is 23.1 Å². The van der Waals surface area contributed by atoms with Gasteiger partial charge in [0.15, 0.2) is 0 Å². The number of nitrogens with one attached hydrogen (secondary N) is 1. The first-order chi connectivity index (χ1) is 11.8. The highest BCUT2D eigenvalue weighted by Crippen LogP contribution is 2.36. The number of fused-ring (bicyclic) bond motifs is 1. The van der Waals surface area contributed by atoms with Crippen molar-refractivity contribution in [3.63, 3.8) is 0 Å². The van der Waals surface area contributed by atoms with Crippen LogP contribution < -0.4 is 5.32 Å². The number of amides is 1. The number of anilines is 1. The van der Waals surface area contributed by atoms with E-state index in [0.29, 0.717) is 11.5 Å². The van der Waals surface area contributed by atoms with E-state index >= 15 is 0 Å². The summed E-state index contributed by atoms with van der Waals surface area (Å²) in [5, 5.41) is 4.31. The summed E-state index contributed by atoms with van der Waals surface area (Å²) in [4.78, 5) is 23.7. The number of thiophene rings is 1. The quantitative estimate of drug-likeness (QED) is 0.522. The standard InChI is InChI=1S/C18H18FN3OS2/c1-9-10(2)24-17-15(9)18(21-12(4)20-17)25-11(3)16(23)22-14-7-5-13(19)6-8-14/h5-8,11H,1-4H3,(H,22,23)/t11-/m0/s1. The number of hydrogen-bond acceptors (Lipinski definition) is 5. The molecule has 0 radical (unpaired) electrons. The van der Waals surface area contributed by atoms with Crippen LogP contribution in [0.2, 0.25) is 0 Å². The Morgan fingerprint density at radius 3 is 2.56 bits per heavy atom. The average Bonchev–Trinajstić information content (AvgIpc) is 2.83. The summed E-state index contributed by atoms with van der Waals surface area (Å²) < 4.78 is 13.0. The Morgan fingerprint density at radius 2 is 1.88 bits per heavy atom. The number of benzene rings is 1. The molecule has 1 N–H and O–H groups in total. The highest BCUT2D eigenvalue weighted by atomic mass is 32.2. The first kappa shape index (κ1) is 17.8. The molecule has 0 fully saturated rings. The zero-order valence-corrected chi connectivity index (χ0v) is 16.0. The van der Waals surface area contributed by atoms with Gasteiger partial charge in [-0.25, -0.2) is 14.4 Å². The summed E-state index contributed by atoms with van der Waals surface area (Å²) in [6.07, 6.45) is 0. The summed E-state index contributed by atoms with van der Waals surface area (Å²) in [6, 6.07) is 5.73. The second-order valence-corrected chi connectivity index (χ2v) is 8.33. The molecule has 2 aromatic heterocycles. The second kappa shape index (κ2) is 7.09. The number of halogens is 1. The third-order valence-electron chi connectivity index (χ3n) is 3.88. The molecule has 2 heterocycles. The van der Waals surface area contributed by atoms with Gasteiger partial charge in [-0.1, -0.05) is 11.8 Å². The molecule has 130 valence electrons. The van der Waals surface area contributed by atoms with Crippen LogP contribution in [0, 0.1) is 26.6 Å². The minimum atomic E-state index is -0.345. The minimum absolute atomic E-state index is 0.148. The Kier molecular flexibility index (Phi) is 5.06. The maximum absolute atomic E-state index is 13.0. The lowest BCUT2D eigenvalue weighted by Crippen LogP contribution is -2.22. The maximum Gasteiger partial charge on any atom is 0.237 e. The van der Waals surface area contributed by atoms with Gasteiger partial charge in [-0.3, -0.25) is 4.79 Å². The molecule has 0 bridgehead atoms. The highest BCUT2D eigenvalue weighted by molar-refractivity contribution is 8.00. The van der Waals surface area contributed by atoms with E-state index in [1.54, 1.807) is 23.5 Å². The van der Waals surface area contributed by atoms with Gasteiger partial charge in [-0.2, -0.15) is 0 Å². The SMILES string of the molecule is Cc1nc(S[C@@H](C)C(=O)Nc2ccc(F)cc2)c2c(C)c(C)sc2n1. The van der Waals surface area contributed by atoms with E-state index in [4.69, 9.17) is 0 Å². The first-order valence-electron chi connectivity index (χ1n) is 7.82. The van der Waals surface area contributed by atoms with Crippen molar-refractivity contribution in [2.45, 2.75) is 38.0 Å². The molecule has 0 saturated carbocycles. The first-order valence-corrected chi connectivity index (χ1v) is 9.52. The third-order valence-corrected chi connectivity index (χ3v) is 6.06. The predicted molar refractivity (Wildman–Crippen MR) is 102 cm³/mol. The number of carbonyl (C=O) groups is 1. The van der Waals surface area contributed by atoms with Crippen LogP contribution in [0.4, 0.5) is 10.1 Å². The summed E-state index contributed by atoms with van der Waals surface area (Å²) in [6.45, 7) is 7.81. The van der Waals surface area contributed by atoms with Crippen molar-refractivity contribution in [1.29, 1.82) is 0 Å². The minimum Gasteiger partial charge on any atom is -0.325 e. The molecule has 3 aromatic rings. The van der Waals surface area contributed by atoms with Crippen LogP contribution in [-0.4, -0.2) is 21.1 Å². The molecule has 0 aliphatic carbocycles. The largest absolute Gasteiger partial charge is 0.325 e. The summed E-state index contributed by atoms with van der Waals surface area (Å²) in [7, 11) is 0. The van der Waals surface area contributed by atoms with Gasteiger partial charge in [0.05, 0.1) is 5.25 Å². The fraction of sp³-hybridized carbons (Fsp3) is 0.278. The Bertz CT molecular complexity index is 938. The van der Waals surface area contributed by atoms with E-state index in [0.717, 1.165) is 20.8 Å². The van der Waals surface area contributed by atoms with Gasteiger partial charge in [0, 0.05) is 16.0 Å². The normalized spacial score (nSPS) is 12.4. The van der Waals surface area contributed by atoms with Crippen molar-refractivity contribution >= 4 is 44.9 Å². The summed E-state index contributed by atoms with van der Waals surface area (Å²) in [5.74, 6) is 0.218. The zero-order valence-electron chi connectivity index (χ0n) is 14.4. The molecule has 0 spiro atoms. The van der Waals surface area contributed by atoms with Gasteiger partial charge < -0.3 is 5.32 Å². The van der Waals surface area contributed by atoms with Crippen molar-refractivity contribution in [2.75, 3.05) is 5.32 Å². The number of rotatable bonds is 4. The van der Waals surface area contributed by atoms with Crippen LogP contribution in [0.25, 0.3) is 10.2 Å². The van der Waals surface area contributed by atoms with Crippen LogP contribution in [0.3, 0.4) is 0 Å². The van der Waals surface area contributed by atoms with E-state index in [2.05, 4.69) is 29.1 Å². The Labute approximate surface area is 153 Å². The smallest absolute Gasteiger partial charge is 0.237 e. The number of nitrogens with zero attached hydrogens (tertiary/aromatic N) is 2. The fourth-order valence-corrected chi connectivity index (χ4v) is 4.59. The van der Waals surface area contributed by atoms with E-state index in [-0.39, 0.29) is 17.0 Å². The van der Waals surface area contributed by atoms with Crippen molar-refractivity contribution in [2.24, 2.45) is 0 Å². The van der Waals surface area contributed by atoms with Gasteiger partial charge in [0.2, 0.25) is 5.91 Å². The molecule has 4 nitrogen and oxygen atoms in total. The monoisotopic (exact) mass is 375 g/mol. The van der Waals surface area contributed by atoms with Crippen molar-refractivity contribution in [3.8, 4) is 0 Å². The van der Waals surface area contributed by atoms with Crippen molar-refractivity contribution < 1.29 is 9.18 Å². The Morgan fingerprint density at radius 1 is 1.20 bits per heavy atom. The third kappa shape index (κ3) is 3.82. The molecule has 0 unspecified atom stereocenters. The van der Waals surface area contributed by atoms with Crippen molar-refractivity contribution in [1.82, 2.24) is 9.97 Å². The van der Waals surface area contributed by atoms with Gasteiger partial charge in [0.1, 0.15) is 21.5 Å². The van der Waals surface area contributed by atoms with E-state index in [9.17, 15) is 9.18 Å². The highest BCUT2D eigenvalue weighted by Gasteiger charge is 2.20. The Hall–Kier alpha value is -1.99.